The third kappa shape index (κ3) is 2.75. The molecule has 0 aromatic rings. The Bertz CT molecular complexity index is 371. The lowest BCUT2D eigenvalue weighted by Crippen LogP contribution is -2.35. The Hall–Kier alpha value is -1.98. The first kappa shape index (κ1) is 12.1. The van der Waals surface area contributed by atoms with Gasteiger partial charge >= 0.3 is 12.1 Å². The van der Waals surface area contributed by atoms with Crippen LogP contribution in [0.3, 0.4) is 0 Å². The van der Waals surface area contributed by atoms with E-state index in [-0.39, 0.29) is 12.1 Å². The van der Waals surface area contributed by atoms with Crippen molar-refractivity contribution in [1.82, 2.24) is 9.96 Å². The highest BCUT2D eigenvalue weighted by Crippen LogP contribution is 2.15. The molecular weight excluding hydrogens is 212 g/mol. The van der Waals surface area contributed by atoms with Gasteiger partial charge in [0.15, 0.2) is 0 Å². The maximum absolute atomic E-state index is 11.3. The van der Waals surface area contributed by atoms with Crippen LogP contribution >= 0.6 is 0 Å². The summed E-state index contributed by atoms with van der Waals surface area (Å²) in [7, 11) is 3.11. The second-order valence-corrected chi connectivity index (χ2v) is 3.59. The molecule has 0 bridgehead atoms. The van der Waals surface area contributed by atoms with E-state index in [0.29, 0.717) is 5.70 Å². The van der Waals surface area contributed by atoms with E-state index >= 15 is 0 Å². The molecule has 0 saturated carbocycles. The first-order chi connectivity index (χ1) is 7.41. The number of carboxylic acid groups (broad SMARTS) is 1. The van der Waals surface area contributed by atoms with Crippen LogP contribution in [-0.4, -0.2) is 47.8 Å². The number of hydrogen-bond donors (Lipinski definition) is 1. The molecule has 0 radical (unpaired) electrons. The SMILES string of the molecule is CC1=CC=C(C(=O)O)CN1OC(=O)N(C)C. The first-order valence-electron chi connectivity index (χ1n) is 4.69. The number of carbonyl (C=O) groups is 2. The molecule has 0 aromatic heterocycles. The average molecular weight is 226 g/mol. The minimum absolute atomic E-state index is 0.0528. The fourth-order valence-corrected chi connectivity index (χ4v) is 1.06. The first-order valence-corrected chi connectivity index (χ1v) is 4.69. The van der Waals surface area contributed by atoms with Gasteiger partial charge in [-0.3, -0.25) is 0 Å². The van der Waals surface area contributed by atoms with Crippen LogP contribution in [0.2, 0.25) is 0 Å². The number of hydroxylamine groups is 2. The van der Waals surface area contributed by atoms with Crippen molar-refractivity contribution in [2.24, 2.45) is 0 Å². The highest BCUT2D eigenvalue weighted by Gasteiger charge is 2.21. The predicted octanol–water partition coefficient (Wildman–Crippen LogP) is 0.830. The summed E-state index contributed by atoms with van der Waals surface area (Å²) in [5.74, 6) is -1.02. The largest absolute Gasteiger partial charge is 0.478 e. The topological polar surface area (TPSA) is 70.1 Å². The summed E-state index contributed by atoms with van der Waals surface area (Å²) in [5.41, 5.74) is 0.859. The second kappa shape index (κ2) is 4.69. The van der Waals surface area contributed by atoms with Crippen molar-refractivity contribution in [3.8, 4) is 0 Å². The van der Waals surface area contributed by atoms with E-state index in [9.17, 15) is 9.59 Å². The van der Waals surface area contributed by atoms with Gasteiger partial charge in [-0.15, -0.1) is 0 Å². The minimum Gasteiger partial charge on any atom is -0.478 e. The Kier molecular flexibility index (Phi) is 3.55. The van der Waals surface area contributed by atoms with E-state index < -0.39 is 12.1 Å². The zero-order chi connectivity index (χ0) is 12.3. The number of aliphatic carboxylic acids is 1. The van der Waals surface area contributed by atoms with Gasteiger partial charge in [0.25, 0.3) is 0 Å². The number of hydrogen-bond acceptors (Lipinski definition) is 4. The summed E-state index contributed by atoms with van der Waals surface area (Å²) in [5, 5.41) is 10.1. The molecule has 88 valence electrons. The van der Waals surface area contributed by atoms with E-state index in [0.717, 1.165) is 0 Å². The Morgan fingerprint density at radius 3 is 2.56 bits per heavy atom. The number of allylic oxidation sites excluding steroid dienone is 3. The highest BCUT2D eigenvalue weighted by molar-refractivity contribution is 5.87. The molecule has 1 aliphatic heterocycles. The molecule has 0 saturated heterocycles. The molecular formula is C10H14N2O4. The van der Waals surface area contributed by atoms with Gasteiger partial charge in [0.2, 0.25) is 0 Å². The Morgan fingerprint density at radius 1 is 1.44 bits per heavy atom. The Morgan fingerprint density at radius 2 is 2.06 bits per heavy atom. The monoisotopic (exact) mass is 226 g/mol. The lowest BCUT2D eigenvalue weighted by Gasteiger charge is -2.27. The van der Waals surface area contributed by atoms with Gasteiger partial charge in [-0.2, -0.15) is 0 Å². The Balaban J connectivity index is 2.71. The van der Waals surface area contributed by atoms with Crippen LogP contribution in [0.25, 0.3) is 0 Å². The molecule has 0 unspecified atom stereocenters. The van der Waals surface area contributed by atoms with Crippen LogP contribution in [0.1, 0.15) is 6.92 Å². The molecule has 1 N–H and O–H groups in total. The number of carbonyl (C=O) groups excluding carboxylic acids is 1. The van der Waals surface area contributed by atoms with E-state index in [1.165, 1.54) is 16.0 Å². The lowest BCUT2D eigenvalue weighted by molar-refractivity contribution is -0.134. The molecule has 1 rings (SSSR count). The standard InChI is InChI=1S/C10H14N2O4/c1-7-4-5-8(9(13)14)6-12(7)16-10(15)11(2)3/h4-5H,6H2,1-3H3,(H,13,14). The van der Waals surface area contributed by atoms with Crippen LogP contribution in [0.4, 0.5) is 4.79 Å². The van der Waals surface area contributed by atoms with Crippen LogP contribution < -0.4 is 0 Å². The van der Waals surface area contributed by atoms with E-state index in [4.69, 9.17) is 9.94 Å². The zero-order valence-electron chi connectivity index (χ0n) is 9.43. The van der Waals surface area contributed by atoms with Crippen molar-refractivity contribution in [1.29, 1.82) is 0 Å². The van der Waals surface area contributed by atoms with Gasteiger partial charge in [0, 0.05) is 19.8 Å². The summed E-state index contributed by atoms with van der Waals surface area (Å²) in [4.78, 5) is 28.3. The van der Waals surface area contributed by atoms with Crippen molar-refractivity contribution >= 4 is 12.1 Å². The molecule has 0 aromatic carbocycles. The van der Waals surface area contributed by atoms with Crippen LogP contribution in [0.5, 0.6) is 0 Å². The number of amides is 1. The average Bonchev–Trinajstić information content (AvgIpc) is 2.20. The van der Waals surface area contributed by atoms with Crippen molar-refractivity contribution in [2.45, 2.75) is 6.92 Å². The maximum atomic E-state index is 11.3. The molecule has 16 heavy (non-hydrogen) atoms. The fraction of sp³-hybridized carbons (Fsp3) is 0.400. The second-order valence-electron chi connectivity index (χ2n) is 3.59. The van der Waals surface area contributed by atoms with E-state index in [2.05, 4.69) is 0 Å². The summed E-state index contributed by atoms with van der Waals surface area (Å²) >= 11 is 0. The van der Waals surface area contributed by atoms with Gasteiger partial charge in [-0.05, 0) is 19.1 Å². The maximum Gasteiger partial charge on any atom is 0.433 e. The quantitative estimate of drug-likeness (QED) is 0.755. The molecule has 0 atom stereocenters. The third-order valence-electron chi connectivity index (χ3n) is 2.06. The van der Waals surface area contributed by atoms with Gasteiger partial charge in [-0.25, -0.2) is 14.7 Å². The van der Waals surface area contributed by atoms with E-state index in [1.54, 1.807) is 27.1 Å². The number of carboxylic acids is 1. The molecule has 0 aliphatic carbocycles. The number of nitrogens with zero attached hydrogens (tertiary/aromatic N) is 2. The summed E-state index contributed by atoms with van der Waals surface area (Å²) < 4.78 is 0. The van der Waals surface area contributed by atoms with Crippen molar-refractivity contribution in [3.05, 3.63) is 23.4 Å². The molecule has 1 aliphatic rings. The third-order valence-corrected chi connectivity index (χ3v) is 2.06. The van der Waals surface area contributed by atoms with Crippen LogP contribution in [0, 0.1) is 0 Å². The summed E-state index contributed by atoms with van der Waals surface area (Å²) in [6.07, 6.45) is 2.55. The lowest BCUT2D eigenvalue weighted by atomic mass is 10.2. The minimum atomic E-state index is -1.02. The molecule has 6 nitrogen and oxygen atoms in total. The molecule has 6 heteroatoms. The molecule has 1 amide bonds. The fourth-order valence-electron chi connectivity index (χ4n) is 1.06. The van der Waals surface area contributed by atoms with Gasteiger partial charge < -0.3 is 14.8 Å². The van der Waals surface area contributed by atoms with Gasteiger partial charge in [0.05, 0.1) is 12.1 Å². The van der Waals surface area contributed by atoms with Crippen LogP contribution in [-0.2, 0) is 9.63 Å². The number of rotatable bonds is 2. The molecule has 0 fully saturated rings. The Labute approximate surface area is 93.3 Å². The summed E-state index contributed by atoms with van der Waals surface area (Å²) in [6.45, 7) is 1.79. The predicted molar refractivity (Wildman–Crippen MR) is 56.3 cm³/mol. The van der Waals surface area contributed by atoms with Crippen molar-refractivity contribution < 1.29 is 19.5 Å². The van der Waals surface area contributed by atoms with E-state index in [1.807, 2.05) is 0 Å². The van der Waals surface area contributed by atoms with Crippen molar-refractivity contribution in [2.75, 3.05) is 20.6 Å². The highest BCUT2D eigenvalue weighted by atomic mass is 16.7. The summed E-state index contributed by atoms with van der Waals surface area (Å²) in [6, 6.07) is 0. The zero-order valence-corrected chi connectivity index (χ0v) is 9.43. The normalized spacial score (nSPS) is 15.1. The molecule has 0 spiro atoms. The van der Waals surface area contributed by atoms with Gasteiger partial charge in [0.1, 0.15) is 0 Å². The molecule has 1 heterocycles. The van der Waals surface area contributed by atoms with Crippen LogP contribution in [0.15, 0.2) is 23.4 Å². The van der Waals surface area contributed by atoms with Gasteiger partial charge in [-0.1, -0.05) is 0 Å². The smallest absolute Gasteiger partial charge is 0.433 e. The van der Waals surface area contributed by atoms with Crippen molar-refractivity contribution in [3.63, 3.8) is 0 Å².